The molecule has 0 bridgehead atoms. The minimum Gasteiger partial charge on any atom is -0.348 e. The Morgan fingerprint density at radius 2 is 2.04 bits per heavy atom. The molecule has 5 nitrogen and oxygen atoms in total. The van der Waals surface area contributed by atoms with Crippen LogP contribution in [0, 0.1) is 6.92 Å². The van der Waals surface area contributed by atoms with E-state index >= 15 is 0 Å². The number of fused-ring (bicyclic) bond motifs is 1. The fourth-order valence-corrected chi connectivity index (χ4v) is 3.58. The normalized spacial score (nSPS) is 15.8. The molecule has 1 amide bonds. The van der Waals surface area contributed by atoms with E-state index in [1.165, 1.54) is 5.69 Å². The van der Waals surface area contributed by atoms with Crippen LogP contribution in [-0.4, -0.2) is 38.8 Å². The average molecular weight is 320 g/mol. The summed E-state index contributed by atoms with van der Waals surface area (Å²) in [6, 6.07) is 6.04. The van der Waals surface area contributed by atoms with Crippen LogP contribution in [0.15, 0.2) is 43.1 Å². The van der Waals surface area contributed by atoms with Gasteiger partial charge in [0.05, 0.1) is 6.33 Å². The number of rotatable bonds is 2. The number of benzene rings is 1. The number of pyridine rings is 1. The standard InChI is InChI=1S/C19H20N4O/c1-13-8-15-2-5-20-10-17(15)16(9-13)19(24)23-6-3-14(4-7-23)18-11-21-12-22-18/h2,5,8-12,14H,3-4,6-7H2,1H3,(H,21,22). The van der Waals surface area contributed by atoms with Gasteiger partial charge in [-0.1, -0.05) is 6.07 Å². The summed E-state index contributed by atoms with van der Waals surface area (Å²) >= 11 is 0. The first-order chi connectivity index (χ1) is 11.7. The fourth-order valence-electron chi connectivity index (χ4n) is 3.58. The predicted molar refractivity (Wildman–Crippen MR) is 92.9 cm³/mol. The van der Waals surface area contributed by atoms with Crippen molar-refractivity contribution >= 4 is 16.7 Å². The molecule has 5 heteroatoms. The Labute approximate surface area is 140 Å². The zero-order chi connectivity index (χ0) is 16.5. The molecule has 1 saturated heterocycles. The Morgan fingerprint density at radius 1 is 1.21 bits per heavy atom. The van der Waals surface area contributed by atoms with Crippen molar-refractivity contribution in [3.8, 4) is 0 Å². The van der Waals surface area contributed by atoms with E-state index in [2.05, 4.69) is 21.0 Å². The number of aromatic nitrogens is 3. The average Bonchev–Trinajstić information content (AvgIpc) is 3.15. The second-order valence-corrected chi connectivity index (χ2v) is 6.48. The number of carbonyl (C=O) groups is 1. The summed E-state index contributed by atoms with van der Waals surface area (Å²) in [6.07, 6.45) is 9.11. The second-order valence-electron chi connectivity index (χ2n) is 6.48. The minimum absolute atomic E-state index is 0.111. The predicted octanol–water partition coefficient (Wildman–Crippen LogP) is 3.29. The molecule has 0 aliphatic carbocycles. The van der Waals surface area contributed by atoms with Crippen molar-refractivity contribution in [2.75, 3.05) is 13.1 Å². The molecule has 1 aromatic carbocycles. The van der Waals surface area contributed by atoms with Gasteiger partial charge in [0.25, 0.3) is 5.91 Å². The first-order valence-corrected chi connectivity index (χ1v) is 8.34. The van der Waals surface area contributed by atoms with Gasteiger partial charge in [-0.25, -0.2) is 4.98 Å². The molecule has 4 rings (SSSR count). The zero-order valence-corrected chi connectivity index (χ0v) is 13.7. The molecule has 1 N–H and O–H groups in total. The van der Waals surface area contributed by atoms with Gasteiger partial charge in [0.15, 0.2) is 0 Å². The molecular formula is C19H20N4O. The molecule has 0 saturated carbocycles. The number of piperidine rings is 1. The molecule has 24 heavy (non-hydrogen) atoms. The minimum atomic E-state index is 0.111. The van der Waals surface area contributed by atoms with Gasteiger partial charge in [-0.3, -0.25) is 9.78 Å². The second kappa shape index (κ2) is 6.07. The summed E-state index contributed by atoms with van der Waals surface area (Å²) in [5.74, 6) is 0.576. The lowest BCUT2D eigenvalue weighted by Crippen LogP contribution is -2.38. The number of aryl methyl sites for hydroxylation is 1. The molecule has 0 radical (unpaired) electrons. The van der Waals surface area contributed by atoms with Gasteiger partial charge in [0.1, 0.15) is 0 Å². The number of amides is 1. The highest BCUT2D eigenvalue weighted by molar-refractivity contribution is 6.07. The monoisotopic (exact) mass is 320 g/mol. The van der Waals surface area contributed by atoms with Crippen molar-refractivity contribution in [3.05, 3.63) is 59.9 Å². The molecule has 1 aliphatic heterocycles. The molecule has 2 aromatic heterocycles. The molecule has 0 unspecified atom stereocenters. The van der Waals surface area contributed by atoms with Crippen LogP contribution < -0.4 is 0 Å². The quantitative estimate of drug-likeness (QED) is 0.788. The van der Waals surface area contributed by atoms with Gasteiger partial charge in [0, 0.05) is 54.2 Å². The van der Waals surface area contributed by atoms with Crippen LogP contribution in [0.4, 0.5) is 0 Å². The van der Waals surface area contributed by atoms with E-state index in [1.54, 1.807) is 18.7 Å². The lowest BCUT2D eigenvalue weighted by Gasteiger charge is -2.32. The van der Waals surface area contributed by atoms with E-state index in [1.807, 2.05) is 30.2 Å². The first-order valence-electron chi connectivity index (χ1n) is 8.34. The molecule has 0 spiro atoms. The molecule has 1 fully saturated rings. The highest BCUT2D eigenvalue weighted by Gasteiger charge is 2.26. The van der Waals surface area contributed by atoms with E-state index in [0.717, 1.165) is 47.8 Å². The number of nitrogens with one attached hydrogen (secondary N) is 1. The Balaban J connectivity index is 1.57. The van der Waals surface area contributed by atoms with E-state index in [9.17, 15) is 4.79 Å². The molecule has 0 atom stereocenters. The number of likely N-dealkylation sites (tertiary alicyclic amines) is 1. The maximum Gasteiger partial charge on any atom is 0.254 e. The number of hydrogen-bond donors (Lipinski definition) is 1. The summed E-state index contributed by atoms with van der Waals surface area (Å²) < 4.78 is 0. The summed E-state index contributed by atoms with van der Waals surface area (Å²) in [7, 11) is 0. The largest absolute Gasteiger partial charge is 0.348 e. The van der Waals surface area contributed by atoms with E-state index in [-0.39, 0.29) is 5.91 Å². The van der Waals surface area contributed by atoms with Crippen LogP contribution >= 0.6 is 0 Å². The van der Waals surface area contributed by atoms with Gasteiger partial charge in [-0.05, 0) is 42.8 Å². The van der Waals surface area contributed by atoms with Gasteiger partial charge < -0.3 is 9.88 Å². The van der Waals surface area contributed by atoms with Crippen LogP contribution in [0.1, 0.15) is 40.4 Å². The third kappa shape index (κ3) is 2.66. The fraction of sp³-hybridized carbons (Fsp3) is 0.316. The number of aromatic amines is 1. The topological polar surface area (TPSA) is 61.9 Å². The molecule has 3 aromatic rings. The first kappa shape index (κ1) is 14.9. The lowest BCUT2D eigenvalue weighted by molar-refractivity contribution is 0.0714. The van der Waals surface area contributed by atoms with Crippen molar-refractivity contribution in [1.82, 2.24) is 19.9 Å². The van der Waals surface area contributed by atoms with Crippen molar-refractivity contribution in [2.24, 2.45) is 0 Å². The van der Waals surface area contributed by atoms with Gasteiger partial charge in [0.2, 0.25) is 0 Å². The van der Waals surface area contributed by atoms with Gasteiger partial charge in [-0.15, -0.1) is 0 Å². The maximum atomic E-state index is 13.0. The number of hydrogen-bond acceptors (Lipinski definition) is 3. The molecular weight excluding hydrogens is 300 g/mol. The zero-order valence-electron chi connectivity index (χ0n) is 13.7. The van der Waals surface area contributed by atoms with E-state index in [4.69, 9.17) is 0 Å². The van der Waals surface area contributed by atoms with E-state index < -0.39 is 0 Å². The van der Waals surface area contributed by atoms with Crippen LogP contribution in [0.2, 0.25) is 0 Å². The Kier molecular flexibility index (Phi) is 3.76. The SMILES string of the molecule is Cc1cc(C(=O)N2CCC(c3cnc[nH]3)CC2)c2cnccc2c1. The highest BCUT2D eigenvalue weighted by Crippen LogP contribution is 2.28. The van der Waals surface area contributed by atoms with Crippen molar-refractivity contribution in [2.45, 2.75) is 25.7 Å². The van der Waals surface area contributed by atoms with Crippen molar-refractivity contribution in [1.29, 1.82) is 0 Å². The Hall–Kier alpha value is -2.69. The smallest absolute Gasteiger partial charge is 0.254 e. The van der Waals surface area contributed by atoms with Crippen LogP contribution in [0.3, 0.4) is 0 Å². The number of H-pyrrole nitrogens is 1. The molecule has 122 valence electrons. The van der Waals surface area contributed by atoms with Gasteiger partial charge in [-0.2, -0.15) is 0 Å². The summed E-state index contributed by atoms with van der Waals surface area (Å²) in [4.78, 5) is 26.5. The van der Waals surface area contributed by atoms with Crippen molar-refractivity contribution in [3.63, 3.8) is 0 Å². The Morgan fingerprint density at radius 3 is 2.79 bits per heavy atom. The molecule has 3 heterocycles. The third-order valence-electron chi connectivity index (χ3n) is 4.87. The third-order valence-corrected chi connectivity index (χ3v) is 4.87. The lowest BCUT2D eigenvalue weighted by atomic mass is 9.93. The van der Waals surface area contributed by atoms with E-state index in [0.29, 0.717) is 5.92 Å². The van der Waals surface area contributed by atoms with Crippen LogP contribution in [-0.2, 0) is 0 Å². The summed E-state index contributed by atoms with van der Waals surface area (Å²) in [5, 5.41) is 2.00. The number of nitrogens with zero attached hydrogens (tertiary/aromatic N) is 3. The van der Waals surface area contributed by atoms with Crippen molar-refractivity contribution < 1.29 is 4.79 Å². The van der Waals surface area contributed by atoms with Crippen LogP contribution in [0.5, 0.6) is 0 Å². The van der Waals surface area contributed by atoms with Gasteiger partial charge >= 0.3 is 0 Å². The highest BCUT2D eigenvalue weighted by atomic mass is 16.2. The summed E-state index contributed by atoms with van der Waals surface area (Å²) in [6.45, 7) is 3.58. The number of imidazole rings is 1. The number of carbonyl (C=O) groups excluding carboxylic acids is 1. The van der Waals surface area contributed by atoms with Crippen LogP contribution in [0.25, 0.3) is 10.8 Å². The molecule has 1 aliphatic rings. The summed E-state index contributed by atoms with van der Waals surface area (Å²) in [5.41, 5.74) is 3.04. The Bertz CT molecular complexity index is 864. The maximum absolute atomic E-state index is 13.0.